The minimum atomic E-state index is -0.628. The number of nitrogens with two attached hydrogens (primary N) is 1. The highest BCUT2D eigenvalue weighted by Gasteiger charge is 2.21. The molecular weight excluding hydrogens is 396 g/mol. The highest BCUT2D eigenvalue weighted by molar-refractivity contribution is 7.99. The fraction of sp³-hybridized carbons (Fsp3) is 0.158. The third-order valence-corrected chi connectivity index (χ3v) is 4.95. The van der Waals surface area contributed by atoms with Gasteiger partial charge in [-0.25, -0.2) is 0 Å². The maximum absolute atomic E-state index is 12.2. The number of carbonyl (C=O) groups excluding carboxylic acids is 2. The average molecular weight is 414 g/mol. The third kappa shape index (κ3) is 4.85. The van der Waals surface area contributed by atoms with Crippen LogP contribution in [-0.2, 0) is 4.79 Å². The van der Waals surface area contributed by atoms with Crippen LogP contribution in [0, 0.1) is 0 Å². The van der Waals surface area contributed by atoms with E-state index in [0.717, 1.165) is 11.8 Å². The van der Waals surface area contributed by atoms with Crippen molar-refractivity contribution in [2.45, 2.75) is 11.4 Å². The summed E-state index contributed by atoms with van der Waals surface area (Å²) in [6.07, 6.45) is 0.102. The molecular formula is C19H18N4O5S. The number of hydrogen-bond donors (Lipinski definition) is 2. The van der Waals surface area contributed by atoms with Gasteiger partial charge in [-0.3, -0.25) is 9.59 Å². The van der Waals surface area contributed by atoms with Crippen LogP contribution >= 0.6 is 11.8 Å². The van der Waals surface area contributed by atoms with Gasteiger partial charge >= 0.3 is 0 Å². The van der Waals surface area contributed by atoms with Crippen LogP contribution in [0.5, 0.6) is 11.7 Å². The van der Waals surface area contributed by atoms with E-state index in [1.165, 1.54) is 10.7 Å². The highest BCUT2D eigenvalue weighted by atomic mass is 32.2. The van der Waals surface area contributed by atoms with Crippen LogP contribution < -0.4 is 25.6 Å². The molecule has 0 atom stereocenters. The van der Waals surface area contributed by atoms with Crippen LogP contribution in [0.1, 0.15) is 16.8 Å². The number of anilines is 1. The van der Waals surface area contributed by atoms with E-state index in [-0.39, 0.29) is 22.9 Å². The first-order chi connectivity index (χ1) is 14.0. The molecule has 0 aliphatic carbocycles. The van der Waals surface area contributed by atoms with Gasteiger partial charge < -0.3 is 25.4 Å². The van der Waals surface area contributed by atoms with E-state index in [1.807, 2.05) is 0 Å². The van der Waals surface area contributed by atoms with Crippen LogP contribution in [0.4, 0.5) is 5.69 Å². The summed E-state index contributed by atoms with van der Waals surface area (Å²) in [6.45, 7) is 0. The van der Waals surface area contributed by atoms with Crippen molar-refractivity contribution < 1.29 is 28.6 Å². The van der Waals surface area contributed by atoms with E-state index >= 15 is 0 Å². The number of thioether (sulfide) groups is 1. The van der Waals surface area contributed by atoms with Crippen molar-refractivity contribution in [2.24, 2.45) is 5.73 Å². The Bertz CT molecular complexity index is 1020. The van der Waals surface area contributed by atoms with E-state index < -0.39 is 11.9 Å². The Balaban J connectivity index is 1.63. The summed E-state index contributed by atoms with van der Waals surface area (Å²) in [6, 6.07) is 13.4. The van der Waals surface area contributed by atoms with E-state index in [9.17, 15) is 14.7 Å². The van der Waals surface area contributed by atoms with Crippen LogP contribution in [-0.4, -0.2) is 29.9 Å². The second-order valence-corrected chi connectivity index (χ2v) is 6.92. The van der Waals surface area contributed by atoms with Crippen molar-refractivity contribution in [2.75, 3.05) is 18.2 Å². The number of amides is 2. The number of benzene rings is 2. The lowest BCUT2D eigenvalue weighted by Gasteiger charge is -2.08. The first kappa shape index (κ1) is 20.2. The molecule has 0 bridgehead atoms. The maximum Gasteiger partial charge on any atom is 0.297 e. The summed E-state index contributed by atoms with van der Waals surface area (Å²) in [5.41, 5.74) is 6.50. The second-order valence-electron chi connectivity index (χ2n) is 5.83. The molecule has 1 heterocycles. The van der Waals surface area contributed by atoms with Crippen LogP contribution in [0.3, 0.4) is 0 Å². The van der Waals surface area contributed by atoms with Crippen molar-refractivity contribution in [1.82, 2.24) is 5.27 Å². The largest absolute Gasteiger partial charge is 0.538 e. The number of para-hydroxylation sites is 1. The summed E-state index contributed by atoms with van der Waals surface area (Å²) in [4.78, 5) is 23.6. The zero-order valence-corrected chi connectivity index (χ0v) is 16.3. The fourth-order valence-electron chi connectivity index (χ4n) is 2.51. The number of methoxy groups -OCH3 is 1. The smallest absolute Gasteiger partial charge is 0.297 e. The van der Waals surface area contributed by atoms with Crippen molar-refractivity contribution in [3.63, 3.8) is 0 Å². The number of rotatable bonds is 8. The number of aromatic nitrogens is 2. The van der Waals surface area contributed by atoms with Gasteiger partial charge in [-0.1, -0.05) is 23.9 Å². The van der Waals surface area contributed by atoms with Gasteiger partial charge in [0.15, 0.2) is 5.95 Å². The summed E-state index contributed by atoms with van der Waals surface area (Å²) in [5.74, 6) is -0.563. The van der Waals surface area contributed by atoms with Crippen LogP contribution in [0.25, 0.3) is 5.69 Å². The van der Waals surface area contributed by atoms with E-state index in [1.54, 1.807) is 49.6 Å². The molecule has 0 aliphatic rings. The van der Waals surface area contributed by atoms with Crippen molar-refractivity contribution in [3.05, 3.63) is 54.1 Å². The molecule has 1 aromatic heterocycles. The number of carbonyl (C=O) groups is 2. The molecule has 0 fully saturated rings. The standard InChI is InChI=1S/C19H18N4O5S/c1-27-13-8-6-12(7-9-13)23-18(19(26)28-22-23)29-11-10-16(24)21-15-5-3-2-4-14(15)17(20)25/h2-9H,10-11H2,1H3,(H3-,20,21,22,24,25,26). The molecule has 29 heavy (non-hydrogen) atoms. The molecule has 9 nitrogen and oxygen atoms in total. The molecule has 10 heteroatoms. The van der Waals surface area contributed by atoms with E-state index in [4.69, 9.17) is 15.0 Å². The summed E-state index contributed by atoms with van der Waals surface area (Å²) in [5, 5.41) is 18.6. The first-order valence-corrected chi connectivity index (χ1v) is 9.53. The third-order valence-electron chi connectivity index (χ3n) is 3.92. The van der Waals surface area contributed by atoms with E-state index in [0.29, 0.717) is 22.9 Å². The Morgan fingerprint density at radius 1 is 1.24 bits per heavy atom. The SMILES string of the molecule is COc1ccc(-[n+]2noc([O-])c2SCCC(=O)Nc2ccccc2C(N)=O)cc1. The molecule has 3 rings (SSSR count). The van der Waals surface area contributed by atoms with Crippen LogP contribution in [0.2, 0.25) is 0 Å². The predicted molar refractivity (Wildman–Crippen MR) is 103 cm³/mol. The molecule has 0 unspecified atom stereocenters. The topological polar surface area (TPSA) is 134 Å². The lowest BCUT2D eigenvalue weighted by Crippen LogP contribution is -2.34. The molecule has 2 amide bonds. The zero-order chi connectivity index (χ0) is 20.8. The molecule has 0 spiro atoms. The first-order valence-electron chi connectivity index (χ1n) is 8.54. The minimum absolute atomic E-state index is 0.102. The summed E-state index contributed by atoms with van der Waals surface area (Å²) in [7, 11) is 1.56. The van der Waals surface area contributed by atoms with Gasteiger partial charge in [0, 0.05) is 24.3 Å². The predicted octanol–water partition coefficient (Wildman–Crippen LogP) is 1.25. The second kappa shape index (κ2) is 9.11. The Labute approximate surface area is 170 Å². The Morgan fingerprint density at radius 2 is 1.97 bits per heavy atom. The van der Waals surface area contributed by atoms with Gasteiger partial charge in [0.2, 0.25) is 11.6 Å². The highest BCUT2D eigenvalue weighted by Crippen LogP contribution is 2.24. The monoisotopic (exact) mass is 414 g/mol. The van der Waals surface area contributed by atoms with Gasteiger partial charge in [0.1, 0.15) is 5.75 Å². The maximum atomic E-state index is 12.2. The molecule has 3 N–H and O–H groups in total. The van der Waals surface area contributed by atoms with Crippen molar-refractivity contribution >= 4 is 29.3 Å². The quantitative estimate of drug-likeness (QED) is 0.418. The molecule has 2 aromatic carbocycles. The Hall–Kier alpha value is -3.53. The summed E-state index contributed by atoms with van der Waals surface area (Å²) < 4.78 is 11.2. The van der Waals surface area contributed by atoms with Gasteiger partial charge in [-0.05, 0) is 28.9 Å². The number of hydrogen-bond acceptors (Lipinski definition) is 7. The molecule has 3 aromatic rings. The molecule has 0 radical (unpaired) electrons. The summed E-state index contributed by atoms with van der Waals surface area (Å²) >= 11 is 1.15. The number of primary amides is 1. The van der Waals surface area contributed by atoms with Gasteiger partial charge in [0.05, 0.1) is 23.6 Å². The number of ether oxygens (including phenoxy) is 1. The van der Waals surface area contributed by atoms with Crippen LogP contribution in [0.15, 0.2) is 58.1 Å². The van der Waals surface area contributed by atoms with Gasteiger partial charge in [-0.2, -0.15) is 0 Å². The van der Waals surface area contributed by atoms with Gasteiger partial charge in [0.25, 0.3) is 10.9 Å². The van der Waals surface area contributed by atoms with Crippen molar-refractivity contribution in [1.29, 1.82) is 0 Å². The average Bonchev–Trinajstić information content (AvgIpc) is 3.09. The van der Waals surface area contributed by atoms with Crippen molar-refractivity contribution in [3.8, 4) is 17.4 Å². The van der Waals surface area contributed by atoms with E-state index in [2.05, 4.69) is 10.6 Å². The lowest BCUT2D eigenvalue weighted by atomic mass is 10.1. The normalized spacial score (nSPS) is 10.5. The minimum Gasteiger partial charge on any atom is -0.538 e. The zero-order valence-electron chi connectivity index (χ0n) is 15.5. The van der Waals surface area contributed by atoms with Gasteiger partial charge in [-0.15, -0.1) is 0 Å². The Kier molecular flexibility index (Phi) is 6.35. The fourth-order valence-corrected chi connectivity index (χ4v) is 3.41. The number of nitrogens with zero attached hydrogens (tertiary/aromatic N) is 2. The molecule has 150 valence electrons. The molecule has 0 aliphatic heterocycles. The molecule has 0 saturated heterocycles. The Morgan fingerprint density at radius 3 is 2.66 bits per heavy atom. The lowest BCUT2D eigenvalue weighted by molar-refractivity contribution is -0.705. The molecule has 0 saturated carbocycles. The number of nitrogens with one attached hydrogen (secondary N) is 1.